The SMILES string of the molecule is NCc1ccc(C(=O)Nc2c(Cl)ncnc2Cl)o1. The predicted octanol–water partition coefficient (Wildman–Crippen LogP) is 2.09. The lowest BCUT2D eigenvalue weighted by Crippen LogP contribution is -2.12. The molecule has 0 aromatic carbocycles. The summed E-state index contributed by atoms with van der Waals surface area (Å²) in [5, 5.41) is 2.57. The minimum Gasteiger partial charge on any atom is -0.455 e. The predicted molar refractivity (Wildman–Crippen MR) is 66.6 cm³/mol. The van der Waals surface area contributed by atoms with E-state index >= 15 is 0 Å². The van der Waals surface area contributed by atoms with E-state index < -0.39 is 5.91 Å². The number of carbonyl (C=O) groups is 1. The molecule has 18 heavy (non-hydrogen) atoms. The molecule has 0 saturated carbocycles. The zero-order chi connectivity index (χ0) is 13.1. The van der Waals surface area contributed by atoms with Crippen LogP contribution in [0.3, 0.4) is 0 Å². The summed E-state index contributed by atoms with van der Waals surface area (Å²) in [5.41, 5.74) is 5.51. The van der Waals surface area contributed by atoms with Gasteiger partial charge in [0.1, 0.15) is 17.8 Å². The molecular weight excluding hydrogens is 279 g/mol. The number of nitrogens with one attached hydrogen (secondary N) is 1. The molecule has 2 aromatic rings. The van der Waals surface area contributed by atoms with Crippen molar-refractivity contribution in [1.82, 2.24) is 9.97 Å². The summed E-state index contributed by atoms with van der Waals surface area (Å²) in [7, 11) is 0. The van der Waals surface area contributed by atoms with E-state index in [0.29, 0.717) is 5.76 Å². The molecule has 0 aliphatic rings. The number of hydrogen-bond acceptors (Lipinski definition) is 5. The molecule has 0 unspecified atom stereocenters. The Morgan fingerprint density at radius 3 is 2.56 bits per heavy atom. The number of nitrogens with zero attached hydrogens (tertiary/aromatic N) is 2. The van der Waals surface area contributed by atoms with Crippen LogP contribution in [0.4, 0.5) is 5.69 Å². The molecule has 1 amide bonds. The van der Waals surface area contributed by atoms with Crippen molar-refractivity contribution in [3.8, 4) is 0 Å². The lowest BCUT2D eigenvalue weighted by molar-refractivity contribution is 0.0995. The summed E-state index contributed by atoms with van der Waals surface area (Å²) in [6.07, 6.45) is 1.19. The van der Waals surface area contributed by atoms with E-state index in [1.165, 1.54) is 12.4 Å². The largest absolute Gasteiger partial charge is 0.455 e. The van der Waals surface area contributed by atoms with Crippen molar-refractivity contribution in [2.45, 2.75) is 6.54 Å². The van der Waals surface area contributed by atoms with E-state index in [2.05, 4.69) is 15.3 Å². The number of carbonyl (C=O) groups excluding carboxylic acids is 1. The van der Waals surface area contributed by atoms with Crippen molar-refractivity contribution in [1.29, 1.82) is 0 Å². The summed E-state index contributed by atoms with van der Waals surface area (Å²) < 4.78 is 5.18. The lowest BCUT2D eigenvalue weighted by Gasteiger charge is -2.05. The van der Waals surface area contributed by atoms with Gasteiger partial charge in [-0.1, -0.05) is 23.2 Å². The van der Waals surface area contributed by atoms with E-state index in [0.717, 1.165) is 0 Å². The zero-order valence-electron chi connectivity index (χ0n) is 8.98. The van der Waals surface area contributed by atoms with Crippen molar-refractivity contribution < 1.29 is 9.21 Å². The van der Waals surface area contributed by atoms with Gasteiger partial charge in [0.15, 0.2) is 16.1 Å². The van der Waals surface area contributed by atoms with E-state index in [9.17, 15) is 4.79 Å². The van der Waals surface area contributed by atoms with Crippen molar-refractivity contribution in [3.05, 3.63) is 40.3 Å². The normalized spacial score (nSPS) is 10.4. The molecule has 8 heteroatoms. The van der Waals surface area contributed by atoms with E-state index in [1.807, 2.05) is 0 Å². The highest BCUT2D eigenvalue weighted by molar-refractivity contribution is 6.38. The third-order valence-electron chi connectivity index (χ3n) is 2.08. The summed E-state index contributed by atoms with van der Waals surface area (Å²) >= 11 is 11.6. The van der Waals surface area contributed by atoms with Gasteiger partial charge in [-0.2, -0.15) is 0 Å². The van der Waals surface area contributed by atoms with Gasteiger partial charge < -0.3 is 15.5 Å². The number of nitrogens with two attached hydrogens (primary N) is 1. The molecule has 0 saturated heterocycles. The Morgan fingerprint density at radius 1 is 1.33 bits per heavy atom. The minimum absolute atomic E-state index is 0.0500. The minimum atomic E-state index is -0.506. The molecule has 2 heterocycles. The van der Waals surface area contributed by atoms with Crippen LogP contribution in [0, 0.1) is 0 Å². The number of amides is 1. The second kappa shape index (κ2) is 5.34. The smallest absolute Gasteiger partial charge is 0.291 e. The Bertz CT molecular complexity index is 565. The fourth-order valence-electron chi connectivity index (χ4n) is 1.23. The second-order valence-corrected chi connectivity index (χ2v) is 3.97. The summed E-state index contributed by atoms with van der Waals surface area (Å²) in [4.78, 5) is 19.3. The fraction of sp³-hybridized carbons (Fsp3) is 0.100. The molecule has 0 aliphatic carbocycles. The van der Waals surface area contributed by atoms with E-state index in [1.54, 1.807) is 6.07 Å². The monoisotopic (exact) mass is 286 g/mol. The molecule has 3 N–H and O–H groups in total. The van der Waals surface area contributed by atoms with E-state index in [4.69, 9.17) is 33.4 Å². The highest BCUT2D eigenvalue weighted by atomic mass is 35.5. The Balaban J connectivity index is 2.21. The molecule has 0 spiro atoms. The molecule has 0 atom stereocenters. The maximum absolute atomic E-state index is 11.8. The molecule has 2 rings (SSSR count). The van der Waals surface area contributed by atoms with Crippen LogP contribution in [-0.4, -0.2) is 15.9 Å². The standard InChI is InChI=1S/C10H8Cl2N4O2/c11-8-7(9(12)15-4-14-8)16-10(17)6-2-1-5(3-13)18-6/h1-2,4H,3,13H2,(H,16,17). The average molecular weight is 287 g/mol. The van der Waals surface area contributed by atoms with Crippen molar-refractivity contribution >= 4 is 34.8 Å². The number of aromatic nitrogens is 2. The zero-order valence-corrected chi connectivity index (χ0v) is 10.5. The van der Waals surface area contributed by atoms with Crippen LogP contribution in [0.1, 0.15) is 16.3 Å². The van der Waals surface area contributed by atoms with Gasteiger partial charge in [0.25, 0.3) is 5.91 Å². The molecule has 2 aromatic heterocycles. The Labute approximate surface area is 112 Å². The van der Waals surface area contributed by atoms with Gasteiger partial charge in [0, 0.05) is 0 Å². The van der Waals surface area contributed by atoms with Gasteiger partial charge in [-0.05, 0) is 12.1 Å². The highest BCUT2D eigenvalue weighted by Crippen LogP contribution is 2.26. The lowest BCUT2D eigenvalue weighted by atomic mass is 10.4. The number of anilines is 1. The molecule has 94 valence electrons. The topological polar surface area (TPSA) is 94.0 Å². The molecule has 0 bridgehead atoms. The first-order valence-corrected chi connectivity index (χ1v) is 5.63. The van der Waals surface area contributed by atoms with Crippen LogP contribution in [-0.2, 0) is 6.54 Å². The Kier molecular flexibility index (Phi) is 3.81. The van der Waals surface area contributed by atoms with Crippen LogP contribution in [0.2, 0.25) is 10.3 Å². The van der Waals surface area contributed by atoms with Crippen LogP contribution in [0.15, 0.2) is 22.9 Å². The van der Waals surface area contributed by atoms with E-state index in [-0.39, 0.29) is 28.3 Å². The van der Waals surface area contributed by atoms with Gasteiger partial charge in [-0.15, -0.1) is 0 Å². The molecule has 6 nitrogen and oxygen atoms in total. The van der Waals surface area contributed by atoms with Gasteiger partial charge >= 0.3 is 0 Å². The van der Waals surface area contributed by atoms with Crippen molar-refractivity contribution in [2.24, 2.45) is 5.73 Å². The first kappa shape index (κ1) is 12.8. The fourth-order valence-corrected chi connectivity index (χ4v) is 1.64. The first-order valence-electron chi connectivity index (χ1n) is 4.88. The third kappa shape index (κ3) is 2.61. The molecule has 0 aliphatic heterocycles. The second-order valence-electron chi connectivity index (χ2n) is 3.25. The molecule has 0 fully saturated rings. The summed E-state index contributed by atoms with van der Waals surface area (Å²) in [6.45, 7) is 0.212. The van der Waals surface area contributed by atoms with Crippen molar-refractivity contribution in [2.75, 3.05) is 5.32 Å². The Hall–Kier alpha value is -1.63. The van der Waals surface area contributed by atoms with Gasteiger partial charge in [-0.3, -0.25) is 4.79 Å². The highest BCUT2D eigenvalue weighted by Gasteiger charge is 2.15. The third-order valence-corrected chi connectivity index (χ3v) is 2.65. The number of halogens is 2. The number of hydrogen-bond donors (Lipinski definition) is 2. The van der Waals surface area contributed by atoms with Crippen LogP contribution >= 0.6 is 23.2 Å². The molecular formula is C10H8Cl2N4O2. The Morgan fingerprint density at radius 2 is 2.00 bits per heavy atom. The maximum atomic E-state index is 11.8. The van der Waals surface area contributed by atoms with Gasteiger partial charge in [-0.25, -0.2) is 9.97 Å². The summed E-state index contributed by atoms with van der Waals surface area (Å²) in [5.74, 6) is 0.0985. The average Bonchev–Trinajstić information content (AvgIpc) is 2.82. The van der Waals surface area contributed by atoms with Crippen LogP contribution < -0.4 is 11.1 Å². The quantitative estimate of drug-likeness (QED) is 0.843. The number of rotatable bonds is 3. The maximum Gasteiger partial charge on any atom is 0.291 e. The van der Waals surface area contributed by atoms with Crippen LogP contribution in [0.5, 0.6) is 0 Å². The van der Waals surface area contributed by atoms with Crippen LogP contribution in [0.25, 0.3) is 0 Å². The van der Waals surface area contributed by atoms with Gasteiger partial charge in [0.05, 0.1) is 6.54 Å². The first-order chi connectivity index (χ1) is 8.61. The van der Waals surface area contributed by atoms with Gasteiger partial charge in [0.2, 0.25) is 0 Å². The van der Waals surface area contributed by atoms with Crippen molar-refractivity contribution in [3.63, 3.8) is 0 Å². The number of furan rings is 1. The summed E-state index contributed by atoms with van der Waals surface area (Å²) in [6, 6.07) is 3.11. The molecule has 0 radical (unpaired) electrons.